The first-order chi connectivity index (χ1) is 3.91. The minimum Gasteiger partial charge on any atom is -0.165 e. The molecule has 0 amide bonds. The van der Waals surface area contributed by atoms with Crippen molar-refractivity contribution in [3.05, 3.63) is 0 Å². The van der Waals surface area contributed by atoms with Crippen molar-refractivity contribution in [2.24, 2.45) is 0 Å². The monoisotopic (exact) mass is 136 g/mol. The Morgan fingerprint density at radius 3 is 2.50 bits per heavy atom. The summed E-state index contributed by atoms with van der Waals surface area (Å²) < 4.78 is 11.3. The van der Waals surface area contributed by atoms with Crippen molar-refractivity contribution < 1.29 is 3.89 Å². The zero-order valence-corrected chi connectivity index (χ0v) is 6.14. The molecule has 0 nitrogen and oxygen atoms in total. The number of halogens is 1. The Morgan fingerprint density at radius 2 is 2.00 bits per heavy atom. The summed E-state index contributed by atoms with van der Waals surface area (Å²) in [6.45, 7) is 2.16. The summed E-state index contributed by atoms with van der Waals surface area (Å²) in [5.41, 5.74) is 0. The Morgan fingerprint density at radius 1 is 1.25 bits per heavy atom. The number of hydrogen-bond donors (Lipinski definition) is 0. The summed E-state index contributed by atoms with van der Waals surface area (Å²) in [5, 5.41) is 0. The van der Waals surface area contributed by atoms with Crippen LogP contribution in [0.2, 0.25) is 0 Å². The van der Waals surface area contributed by atoms with Crippen molar-refractivity contribution >= 4 is 12.1 Å². The molecule has 0 aromatic rings. The number of rotatable bonds is 5. The summed E-state index contributed by atoms with van der Waals surface area (Å²) in [5.74, 6) is 0.681. The Hall–Kier alpha value is 0.280. The standard InChI is InChI=1S/C6H13FS/c1-2-3-4-5-6-8-7/h2-6H2,1H3. The zero-order chi connectivity index (χ0) is 6.24. The van der Waals surface area contributed by atoms with Gasteiger partial charge in [0.1, 0.15) is 0 Å². The van der Waals surface area contributed by atoms with Crippen LogP contribution in [0.1, 0.15) is 32.6 Å². The lowest BCUT2D eigenvalue weighted by Gasteiger charge is -1.91. The van der Waals surface area contributed by atoms with Crippen molar-refractivity contribution in [3.63, 3.8) is 0 Å². The molecule has 0 rings (SSSR count). The van der Waals surface area contributed by atoms with Crippen molar-refractivity contribution in [1.29, 1.82) is 0 Å². The van der Waals surface area contributed by atoms with Gasteiger partial charge < -0.3 is 0 Å². The maximum absolute atomic E-state index is 11.3. The average Bonchev–Trinajstić information content (AvgIpc) is 1.81. The molecule has 0 aromatic carbocycles. The smallest absolute Gasteiger partial charge is 0.0443 e. The van der Waals surface area contributed by atoms with E-state index in [1.54, 1.807) is 0 Å². The van der Waals surface area contributed by atoms with Gasteiger partial charge >= 0.3 is 0 Å². The molecule has 2 heteroatoms. The van der Waals surface area contributed by atoms with Gasteiger partial charge in [-0.05, 0) is 6.42 Å². The van der Waals surface area contributed by atoms with E-state index in [9.17, 15) is 3.89 Å². The van der Waals surface area contributed by atoms with E-state index in [1.165, 1.54) is 19.3 Å². The lowest BCUT2D eigenvalue weighted by atomic mass is 10.2. The highest BCUT2D eigenvalue weighted by atomic mass is 32.2. The summed E-state index contributed by atoms with van der Waals surface area (Å²) >= 11 is 0.452. The van der Waals surface area contributed by atoms with Crippen molar-refractivity contribution in [2.75, 3.05) is 5.75 Å². The van der Waals surface area contributed by atoms with Crippen LogP contribution >= 0.6 is 12.1 Å². The number of unbranched alkanes of at least 4 members (excludes halogenated alkanes) is 3. The molecule has 0 aromatic heterocycles. The molecule has 0 N–H and O–H groups in total. The molecule has 0 heterocycles. The highest BCUT2D eigenvalue weighted by Gasteiger charge is 1.85. The third kappa shape index (κ3) is 6.28. The lowest BCUT2D eigenvalue weighted by Crippen LogP contribution is -1.76. The van der Waals surface area contributed by atoms with E-state index in [0.717, 1.165) is 6.42 Å². The molecular weight excluding hydrogens is 123 g/mol. The second-order valence-electron chi connectivity index (χ2n) is 1.87. The summed E-state index contributed by atoms with van der Waals surface area (Å²) in [6, 6.07) is 0. The van der Waals surface area contributed by atoms with Gasteiger partial charge in [-0.2, -0.15) is 3.89 Å². The molecule has 0 spiro atoms. The van der Waals surface area contributed by atoms with E-state index in [-0.39, 0.29) is 0 Å². The molecule has 0 unspecified atom stereocenters. The fourth-order valence-electron chi connectivity index (χ4n) is 0.583. The van der Waals surface area contributed by atoms with Crippen LogP contribution in [0.25, 0.3) is 0 Å². The van der Waals surface area contributed by atoms with Crippen molar-refractivity contribution in [2.45, 2.75) is 32.6 Å². The van der Waals surface area contributed by atoms with E-state index in [2.05, 4.69) is 6.92 Å². The molecule has 0 aliphatic carbocycles. The van der Waals surface area contributed by atoms with Gasteiger partial charge in [-0.3, -0.25) is 0 Å². The molecule has 0 bridgehead atoms. The van der Waals surface area contributed by atoms with Crippen molar-refractivity contribution in [3.8, 4) is 0 Å². The third-order valence-corrected chi connectivity index (χ3v) is 1.52. The van der Waals surface area contributed by atoms with Gasteiger partial charge in [0.15, 0.2) is 0 Å². The summed E-state index contributed by atoms with van der Waals surface area (Å²) in [7, 11) is 0. The van der Waals surface area contributed by atoms with E-state index in [1.807, 2.05) is 0 Å². The second-order valence-corrected chi connectivity index (χ2v) is 2.50. The van der Waals surface area contributed by atoms with Crippen LogP contribution in [-0.2, 0) is 0 Å². The molecule has 0 aliphatic heterocycles. The van der Waals surface area contributed by atoms with Gasteiger partial charge in [0.25, 0.3) is 0 Å². The van der Waals surface area contributed by atoms with Crippen LogP contribution < -0.4 is 0 Å². The van der Waals surface area contributed by atoms with E-state index in [0.29, 0.717) is 17.9 Å². The maximum atomic E-state index is 11.3. The third-order valence-electron chi connectivity index (χ3n) is 1.08. The fraction of sp³-hybridized carbons (Fsp3) is 1.00. The SMILES string of the molecule is CCCCCCSF. The van der Waals surface area contributed by atoms with Crippen LogP contribution in [0, 0.1) is 0 Å². The predicted molar refractivity (Wildman–Crippen MR) is 37.7 cm³/mol. The molecule has 0 saturated heterocycles. The first-order valence-electron chi connectivity index (χ1n) is 3.15. The molecule has 0 saturated carbocycles. The molecule has 8 heavy (non-hydrogen) atoms. The first kappa shape index (κ1) is 8.28. The van der Waals surface area contributed by atoms with Crippen LogP contribution in [0.5, 0.6) is 0 Å². The topological polar surface area (TPSA) is 0 Å². The van der Waals surface area contributed by atoms with Crippen LogP contribution in [0.3, 0.4) is 0 Å². The lowest BCUT2D eigenvalue weighted by molar-refractivity contribution is 0.703. The minimum absolute atomic E-state index is 0.452. The second kappa shape index (κ2) is 7.28. The van der Waals surface area contributed by atoms with Crippen molar-refractivity contribution in [1.82, 2.24) is 0 Å². The average molecular weight is 136 g/mol. The Kier molecular flexibility index (Phi) is 7.53. The molecule has 0 atom stereocenters. The number of hydrogen-bond acceptors (Lipinski definition) is 1. The van der Waals surface area contributed by atoms with Gasteiger partial charge in [-0.25, -0.2) is 0 Å². The predicted octanol–water partition coefficient (Wildman–Crippen LogP) is 3.18. The van der Waals surface area contributed by atoms with E-state index >= 15 is 0 Å². The largest absolute Gasteiger partial charge is 0.165 e. The van der Waals surface area contributed by atoms with Gasteiger partial charge in [0.2, 0.25) is 0 Å². The maximum Gasteiger partial charge on any atom is 0.0443 e. The van der Waals surface area contributed by atoms with Gasteiger partial charge in [-0.15, -0.1) is 0 Å². The molecule has 0 fully saturated rings. The van der Waals surface area contributed by atoms with Crippen LogP contribution in [-0.4, -0.2) is 5.75 Å². The Labute approximate surface area is 55.1 Å². The minimum atomic E-state index is 0.452. The Bertz CT molecular complexity index is 33.5. The normalized spacial score (nSPS) is 9.75. The van der Waals surface area contributed by atoms with Gasteiger partial charge in [-0.1, -0.05) is 26.2 Å². The van der Waals surface area contributed by atoms with E-state index in [4.69, 9.17) is 0 Å². The first-order valence-corrected chi connectivity index (χ1v) is 4.04. The van der Waals surface area contributed by atoms with Crippen LogP contribution in [0.4, 0.5) is 3.89 Å². The van der Waals surface area contributed by atoms with E-state index < -0.39 is 0 Å². The summed E-state index contributed by atoms with van der Waals surface area (Å²) in [6.07, 6.45) is 4.71. The zero-order valence-electron chi connectivity index (χ0n) is 5.32. The summed E-state index contributed by atoms with van der Waals surface area (Å²) in [4.78, 5) is 0. The highest BCUT2D eigenvalue weighted by molar-refractivity contribution is 7.94. The Balaban J connectivity index is 2.53. The molecule has 0 radical (unpaired) electrons. The molecule has 0 aliphatic rings. The van der Waals surface area contributed by atoms with Crippen LogP contribution in [0.15, 0.2) is 0 Å². The quantitative estimate of drug-likeness (QED) is 0.523. The fourth-order valence-corrected chi connectivity index (χ4v) is 0.897. The molecular formula is C6H13FS. The van der Waals surface area contributed by atoms with Gasteiger partial charge in [0.05, 0.1) is 0 Å². The highest BCUT2D eigenvalue weighted by Crippen LogP contribution is 2.06. The van der Waals surface area contributed by atoms with Gasteiger partial charge in [0, 0.05) is 17.9 Å². The molecule has 50 valence electrons.